The van der Waals surface area contributed by atoms with Crippen LogP contribution in [0.2, 0.25) is 0 Å². The lowest BCUT2D eigenvalue weighted by Gasteiger charge is -2.32. The Kier molecular flexibility index (Phi) is 9.87. The Morgan fingerprint density at radius 1 is 0.578 bits per heavy atom. The zero-order valence-electron chi connectivity index (χ0n) is 30.0. The Morgan fingerprint density at radius 2 is 0.956 bits per heavy atom. The molecule has 1 aliphatic heterocycles. The summed E-state index contributed by atoms with van der Waals surface area (Å²) in [4.78, 5) is 10.0. The van der Waals surface area contributed by atoms with E-state index in [1.165, 1.54) is 11.1 Å². The van der Waals surface area contributed by atoms with Crippen LogP contribution in [0.1, 0.15) is 130 Å². The van der Waals surface area contributed by atoms with Crippen molar-refractivity contribution in [1.82, 2.24) is 0 Å². The maximum atomic E-state index is 7.01. The van der Waals surface area contributed by atoms with Crippen molar-refractivity contribution in [2.75, 3.05) is 0 Å². The van der Waals surface area contributed by atoms with Crippen molar-refractivity contribution in [2.45, 2.75) is 125 Å². The quantitative estimate of drug-likeness (QED) is 0.267. The van der Waals surface area contributed by atoms with Crippen LogP contribution in [0.15, 0.2) is 58.5 Å². The summed E-state index contributed by atoms with van der Waals surface area (Å²) in [5.74, 6) is 1.53. The van der Waals surface area contributed by atoms with E-state index in [-0.39, 0.29) is 27.8 Å². The molecule has 0 atom stereocenters. The molecule has 0 fully saturated rings. The smallest absolute Gasteiger partial charge is 0.587 e. The Balaban J connectivity index is 2.11. The van der Waals surface area contributed by atoms with Gasteiger partial charge in [0.05, 0.1) is 22.9 Å². The molecule has 3 aromatic carbocycles. The molecule has 1 heterocycles. The van der Waals surface area contributed by atoms with Gasteiger partial charge in [-0.05, 0) is 82.0 Å². The second-order valence-corrected chi connectivity index (χ2v) is 17.9. The molecule has 0 saturated carbocycles. The van der Waals surface area contributed by atoms with Gasteiger partial charge in [0, 0.05) is 29.7 Å². The SMILES string of the molecule is CC(C)[O][Al]1[O]c2c(cc(C(C)(C)C)cc2C(C)(C)C)C=Nc2ccccc2N=Cc2cc(C(C)(C)C)cc(C(C)(C)C)c2[O]1. The highest BCUT2D eigenvalue weighted by Gasteiger charge is 2.44. The molecule has 3 aromatic rings. The largest absolute Gasteiger partial charge is 1.10 e. The molecule has 240 valence electrons. The number of para-hydroxylation sites is 2. The number of hydrogen-bond donors (Lipinski definition) is 0. The van der Waals surface area contributed by atoms with Gasteiger partial charge in [-0.2, -0.15) is 0 Å². The second kappa shape index (κ2) is 12.7. The lowest BCUT2D eigenvalue weighted by atomic mass is 9.79. The highest BCUT2D eigenvalue weighted by molar-refractivity contribution is 6.39. The van der Waals surface area contributed by atoms with Gasteiger partial charge in [-0.15, -0.1) is 0 Å². The van der Waals surface area contributed by atoms with E-state index in [0.29, 0.717) is 0 Å². The summed E-state index contributed by atoms with van der Waals surface area (Å²) in [5.41, 5.74) is 7.46. The number of hydrogen-bond acceptors (Lipinski definition) is 5. The Morgan fingerprint density at radius 3 is 1.27 bits per heavy atom. The van der Waals surface area contributed by atoms with Crippen LogP contribution in [-0.4, -0.2) is 33.7 Å². The summed E-state index contributed by atoms with van der Waals surface area (Å²) in [7, 11) is 0. The number of fused-ring (bicyclic) bond motifs is 3. The molecule has 0 spiro atoms. The van der Waals surface area contributed by atoms with Crippen molar-refractivity contribution in [3.05, 3.63) is 81.9 Å². The van der Waals surface area contributed by atoms with Crippen LogP contribution in [0.25, 0.3) is 0 Å². The standard InChI is InChI=1S/C36H48N2O2.C3H7O.Al/c1-33(2,3)25-17-23(31(39)27(19-25)35(7,8)9)21-37-29-15-13-14-16-30(29)38-22-24-18-26(34(4,5)6)20-28(32(24)40)36(10,11)12;1-3(2)4;/h13-22,39-40H,1-12H3;3H,1-2H3;/q;-1;+3/p-2. The molecule has 6 heteroatoms. The summed E-state index contributed by atoms with van der Waals surface area (Å²) in [6.45, 7) is 30.8. The number of rotatable bonds is 2. The van der Waals surface area contributed by atoms with Crippen LogP contribution < -0.4 is 7.58 Å². The van der Waals surface area contributed by atoms with Gasteiger partial charge in [0.2, 0.25) is 0 Å². The van der Waals surface area contributed by atoms with Gasteiger partial charge in [0.15, 0.2) is 0 Å². The minimum atomic E-state index is -2.84. The van der Waals surface area contributed by atoms with E-state index < -0.39 is 15.1 Å². The first-order valence-electron chi connectivity index (χ1n) is 16.2. The van der Waals surface area contributed by atoms with E-state index >= 15 is 0 Å². The molecule has 5 nitrogen and oxygen atoms in total. The topological polar surface area (TPSA) is 52.4 Å². The van der Waals surface area contributed by atoms with Crippen molar-refractivity contribution in [3.63, 3.8) is 0 Å². The van der Waals surface area contributed by atoms with Crippen LogP contribution in [0.4, 0.5) is 11.4 Å². The van der Waals surface area contributed by atoms with Crippen LogP contribution in [-0.2, 0) is 25.4 Å². The predicted molar refractivity (Wildman–Crippen MR) is 192 cm³/mol. The van der Waals surface area contributed by atoms with E-state index in [2.05, 4.69) is 107 Å². The highest BCUT2D eigenvalue weighted by Crippen LogP contribution is 2.42. The van der Waals surface area contributed by atoms with E-state index in [1.807, 2.05) is 50.5 Å². The fraction of sp³-hybridized carbons (Fsp3) is 0.487. The second-order valence-electron chi connectivity index (χ2n) is 16.6. The lowest BCUT2D eigenvalue weighted by molar-refractivity contribution is 0.153. The number of benzene rings is 3. The summed E-state index contributed by atoms with van der Waals surface area (Å²) in [6.07, 6.45) is 3.74. The predicted octanol–water partition coefficient (Wildman–Crippen LogP) is 10.6. The van der Waals surface area contributed by atoms with E-state index in [9.17, 15) is 0 Å². The van der Waals surface area contributed by atoms with Gasteiger partial charge in [-0.25, -0.2) is 0 Å². The van der Waals surface area contributed by atoms with Gasteiger partial charge < -0.3 is 11.4 Å². The summed E-state index contributed by atoms with van der Waals surface area (Å²) in [6, 6.07) is 17.0. The van der Waals surface area contributed by atoms with Crippen molar-refractivity contribution < 1.29 is 11.4 Å². The molecule has 0 aromatic heterocycles. The van der Waals surface area contributed by atoms with Gasteiger partial charge in [0.1, 0.15) is 0 Å². The summed E-state index contributed by atoms with van der Waals surface area (Å²) in [5, 5.41) is 0. The third-order valence-corrected chi connectivity index (χ3v) is 9.58. The Bertz CT molecular complexity index is 1480. The molecular weight excluding hydrogens is 571 g/mol. The Labute approximate surface area is 277 Å². The van der Waals surface area contributed by atoms with Crippen LogP contribution in [0.5, 0.6) is 11.5 Å². The first-order valence-corrected chi connectivity index (χ1v) is 17.6. The first kappa shape index (κ1) is 35.0. The van der Waals surface area contributed by atoms with E-state index in [4.69, 9.17) is 21.4 Å². The van der Waals surface area contributed by atoms with Crippen molar-refractivity contribution >= 4 is 39.0 Å². The molecular formula is C39H53AlN2O3. The monoisotopic (exact) mass is 624 g/mol. The van der Waals surface area contributed by atoms with Gasteiger partial charge in [-0.3, -0.25) is 9.98 Å². The molecule has 0 bridgehead atoms. The zero-order chi connectivity index (χ0) is 33.5. The van der Waals surface area contributed by atoms with Crippen molar-refractivity contribution in [1.29, 1.82) is 0 Å². The maximum Gasteiger partial charge on any atom is 1.10 e. The first-order chi connectivity index (χ1) is 20.6. The summed E-state index contributed by atoms with van der Waals surface area (Å²) >= 11 is -2.84. The minimum absolute atomic E-state index is 0.0701. The molecule has 1 aliphatic rings. The van der Waals surface area contributed by atoms with Crippen LogP contribution in [0.3, 0.4) is 0 Å². The van der Waals surface area contributed by atoms with Gasteiger partial charge in [0.25, 0.3) is 0 Å². The average Bonchev–Trinajstić information content (AvgIpc) is 2.89. The minimum Gasteiger partial charge on any atom is -0.587 e. The fourth-order valence-electron chi connectivity index (χ4n) is 5.19. The van der Waals surface area contributed by atoms with Gasteiger partial charge >= 0.3 is 15.1 Å². The van der Waals surface area contributed by atoms with Crippen molar-refractivity contribution in [3.8, 4) is 11.5 Å². The lowest BCUT2D eigenvalue weighted by Crippen LogP contribution is -2.38. The van der Waals surface area contributed by atoms with Crippen molar-refractivity contribution in [2.24, 2.45) is 9.98 Å². The maximum absolute atomic E-state index is 7.01. The molecule has 0 unspecified atom stereocenters. The molecule has 0 radical (unpaired) electrons. The van der Waals surface area contributed by atoms with E-state index in [0.717, 1.165) is 45.1 Å². The normalized spacial score (nSPS) is 14.4. The molecule has 45 heavy (non-hydrogen) atoms. The van der Waals surface area contributed by atoms with Crippen LogP contribution >= 0.6 is 0 Å². The molecule has 0 amide bonds. The summed E-state index contributed by atoms with van der Waals surface area (Å²) < 4.78 is 20.6. The number of nitrogens with zero attached hydrogens (tertiary/aromatic N) is 2. The zero-order valence-corrected chi connectivity index (χ0v) is 31.2. The highest BCUT2D eigenvalue weighted by atomic mass is 27.3. The van der Waals surface area contributed by atoms with Gasteiger partial charge in [-0.1, -0.05) is 107 Å². The molecule has 0 N–H and O–H groups in total. The third-order valence-electron chi connectivity index (χ3n) is 7.96. The molecule has 0 aliphatic carbocycles. The van der Waals surface area contributed by atoms with E-state index in [1.54, 1.807) is 0 Å². The van der Waals surface area contributed by atoms with Crippen LogP contribution in [0, 0.1) is 0 Å². The third kappa shape index (κ3) is 8.47. The number of aliphatic imine (C=N–C) groups is 2. The fourth-order valence-corrected chi connectivity index (χ4v) is 6.71. The Hall–Kier alpha value is -2.91. The average molecular weight is 625 g/mol. The molecule has 0 saturated heterocycles. The molecule has 4 rings (SSSR count).